The van der Waals surface area contributed by atoms with Gasteiger partial charge in [-0.25, -0.2) is 41.3 Å². The fourth-order valence-electron chi connectivity index (χ4n) is 5.42. The fraction of sp³-hybridized carbons (Fsp3) is 0.429. The number of piperidine rings is 1. The molecule has 12 nitrogen and oxygen atoms in total. The topological polar surface area (TPSA) is 168 Å². The van der Waals surface area contributed by atoms with Crippen molar-refractivity contribution in [2.45, 2.75) is 43.1 Å². The largest absolute Gasteiger partial charge is 0.494 e. The molecule has 6 N–H and O–H groups in total. The first-order valence-corrected chi connectivity index (χ1v) is 13.8. The van der Waals surface area contributed by atoms with E-state index in [-0.39, 0.29) is 58.3 Å². The number of nitrogens with two attached hydrogens (primary N) is 1. The van der Waals surface area contributed by atoms with Crippen LogP contribution >= 0.6 is 0 Å². The standard InChI is InChI=1S/C28H30F6N8O4/c1-46-21-4-17(29)16(3-18(21)30)19-2-14(7-41-13-40-22-25(37-5-15(44)8-43)38-12-39-26(22)41)20(6-36-19)42-10-27(35,23(45)24(31)32)9-28(33,34)11-42/h2-4,6,12-13,15,23-24,43-45H,5,7-11,35H2,1H3,(H,37,38,39)/t15-,23-,27-/m1/s1. The summed E-state index contributed by atoms with van der Waals surface area (Å²) < 4.78 is 93.0. The number of aliphatic hydroxyl groups is 3. The SMILES string of the molecule is COc1cc(F)c(-c2cc(Cn3cnc4c(NC[C@@H](O)CO)ncnc43)c(N3CC(F)(F)C[C@](N)([C@H](O)C(F)F)C3)cn2)cc1F. The molecular formula is C28H30F6N8O4. The molecule has 248 valence electrons. The minimum atomic E-state index is -3.60. The van der Waals surface area contributed by atoms with E-state index in [1.165, 1.54) is 23.3 Å². The molecular weight excluding hydrogens is 626 g/mol. The van der Waals surface area contributed by atoms with Crippen molar-refractivity contribution in [3.63, 3.8) is 0 Å². The smallest absolute Gasteiger partial charge is 0.267 e. The Labute approximate surface area is 257 Å². The van der Waals surface area contributed by atoms with Crippen molar-refractivity contribution in [3.05, 3.63) is 54.2 Å². The van der Waals surface area contributed by atoms with Gasteiger partial charge >= 0.3 is 0 Å². The number of anilines is 2. The monoisotopic (exact) mass is 656 g/mol. The molecule has 1 aliphatic rings. The van der Waals surface area contributed by atoms with Gasteiger partial charge in [-0.05, 0) is 17.7 Å². The van der Waals surface area contributed by atoms with Crippen LogP contribution < -0.4 is 20.7 Å². The number of rotatable bonds is 11. The van der Waals surface area contributed by atoms with E-state index in [0.29, 0.717) is 0 Å². The number of ether oxygens (including phenoxy) is 1. The van der Waals surface area contributed by atoms with Crippen molar-refractivity contribution >= 4 is 22.7 Å². The van der Waals surface area contributed by atoms with Crippen molar-refractivity contribution in [1.29, 1.82) is 0 Å². The van der Waals surface area contributed by atoms with Gasteiger partial charge in [0, 0.05) is 31.1 Å². The van der Waals surface area contributed by atoms with Gasteiger partial charge in [0.05, 0.1) is 62.4 Å². The molecule has 1 aliphatic heterocycles. The molecule has 0 unspecified atom stereocenters. The summed E-state index contributed by atoms with van der Waals surface area (Å²) in [7, 11) is 1.16. The highest BCUT2D eigenvalue weighted by Gasteiger charge is 2.53. The third-order valence-electron chi connectivity index (χ3n) is 7.60. The van der Waals surface area contributed by atoms with Gasteiger partial charge in [-0.2, -0.15) is 0 Å². The Hall–Kier alpha value is -4.26. The highest BCUT2D eigenvalue weighted by Crippen LogP contribution is 2.39. The van der Waals surface area contributed by atoms with Gasteiger partial charge in [-0.3, -0.25) is 4.98 Å². The minimum absolute atomic E-state index is 0.00543. The first-order valence-electron chi connectivity index (χ1n) is 13.8. The quantitative estimate of drug-likeness (QED) is 0.150. The van der Waals surface area contributed by atoms with Crippen LogP contribution in [0.15, 0.2) is 37.1 Å². The lowest BCUT2D eigenvalue weighted by molar-refractivity contribution is -0.102. The number of aromatic nitrogens is 5. The van der Waals surface area contributed by atoms with E-state index < -0.39 is 67.8 Å². The zero-order valence-electron chi connectivity index (χ0n) is 24.2. The number of methoxy groups -OCH3 is 1. The summed E-state index contributed by atoms with van der Waals surface area (Å²) in [4.78, 5) is 17.8. The molecule has 4 aromatic rings. The normalized spacial score (nSPS) is 19.4. The van der Waals surface area contributed by atoms with E-state index in [1.807, 2.05) is 0 Å². The number of alkyl halides is 4. The summed E-state index contributed by atoms with van der Waals surface area (Å²) >= 11 is 0. The number of pyridine rings is 1. The summed E-state index contributed by atoms with van der Waals surface area (Å²) in [6.45, 7) is -2.31. The maximum absolute atomic E-state index is 15.1. The first kappa shape index (κ1) is 33.1. The summed E-state index contributed by atoms with van der Waals surface area (Å²) in [6, 6.07) is 3.00. The molecule has 46 heavy (non-hydrogen) atoms. The lowest BCUT2D eigenvalue weighted by atomic mass is 9.82. The van der Waals surface area contributed by atoms with Gasteiger partial charge in [0.1, 0.15) is 23.8 Å². The van der Waals surface area contributed by atoms with Crippen molar-refractivity contribution in [1.82, 2.24) is 24.5 Å². The highest BCUT2D eigenvalue weighted by molar-refractivity contribution is 5.82. The van der Waals surface area contributed by atoms with E-state index in [9.17, 15) is 23.4 Å². The third kappa shape index (κ3) is 6.64. The van der Waals surface area contributed by atoms with Gasteiger partial charge in [0.15, 0.2) is 23.0 Å². The van der Waals surface area contributed by atoms with E-state index in [2.05, 4.69) is 25.3 Å². The molecule has 0 spiro atoms. The van der Waals surface area contributed by atoms with Crippen LogP contribution in [-0.2, 0) is 6.54 Å². The molecule has 0 amide bonds. The Morgan fingerprint density at radius 3 is 2.52 bits per heavy atom. The predicted molar refractivity (Wildman–Crippen MR) is 153 cm³/mol. The number of hydrogen-bond acceptors (Lipinski definition) is 11. The van der Waals surface area contributed by atoms with Crippen LogP contribution in [0.25, 0.3) is 22.4 Å². The molecule has 4 heterocycles. The molecule has 1 aromatic carbocycles. The first-order chi connectivity index (χ1) is 21.7. The predicted octanol–water partition coefficient (Wildman–Crippen LogP) is 2.16. The number of nitrogens with one attached hydrogen (secondary N) is 1. The Morgan fingerprint density at radius 2 is 1.83 bits per heavy atom. The molecule has 0 bridgehead atoms. The number of hydrogen-bond donors (Lipinski definition) is 5. The number of nitrogens with zero attached hydrogens (tertiary/aromatic N) is 6. The van der Waals surface area contributed by atoms with E-state index in [4.69, 9.17) is 15.6 Å². The van der Waals surface area contributed by atoms with Crippen molar-refractivity contribution in [3.8, 4) is 17.0 Å². The van der Waals surface area contributed by atoms with Gasteiger partial charge in [0.25, 0.3) is 12.3 Å². The summed E-state index contributed by atoms with van der Waals surface area (Å²) in [5.41, 5.74) is 3.88. The van der Waals surface area contributed by atoms with E-state index in [0.717, 1.165) is 30.3 Å². The average Bonchev–Trinajstić information content (AvgIpc) is 3.42. The van der Waals surface area contributed by atoms with Crippen LogP contribution in [0.1, 0.15) is 12.0 Å². The summed E-state index contributed by atoms with van der Waals surface area (Å²) in [5, 5.41) is 31.8. The van der Waals surface area contributed by atoms with E-state index in [1.54, 1.807) is 0 Å². The minimum Gasteiger partial charge on any atom is -0.494 e. The maximum atomic E-state index is 15.1. The number of imidazole rings is 1. The van der Waals surface area contributed by atoms with Crippen LogP contribution in [0.4, 0.5) is 37.8 Å². The molecule has 1 fully saturated rings. The highest BCUT2D eigenvalue weighted by atomic mass is 19.3. The lowest BCUT2D eigenvalue weighted by Crippen LogP contribution is -2.68. The molecule has 18 heteroatoms. The number of fused-ring (bicyclic) bond motifs is 1. The Kier molecular flexibility index (Phi) is 9.26. The number of benzene rings is 1. The van der Waals surface area contributed by atoms with Gasteiger partial charge in [-0.1, -0.05) is 0 Å². The van der Waals surface area contributed by atoms with Crippen molar-refractivity contribution in [2.75, 3.05) is 43.6 Å². The molecule has 5 rings (SSSR count). The molecule has 3 atom stereocenters. The molecule has 3 aromatic heterocycles. The average molecular weight is 657 g/mol. The van der Waals surface area contributed by atoms with Crippen molar-refractivity contribution in [2.24, 2.45) is 5.73 Å². The molecule has 1 saturated heterocycles. The van der Waals surface area contributed by atoms with E-state index >= 15 is 13.2 Å². The number of halogens is 6. The Balaban J connectivity index is 1.60. The third-order valence-corrected chi connectivity index (χ3v) is 7.60. The fourth-order valence-corrected chi connectivity index (χ4v) is 5.42. The van der Waals surface area contributed by atoms with Crippen LogP contribution in [0.5, 0.6) is 5.75 Å². The molecule has 0 aliphatic carbocycles. The molecule has 0 saturated carbocycles. The summed E-state index contributed by atoms with van der Waals surface area (Å²) in [5.74, 6) is -5.52. The van der Waals surface area contributed by atoms with Crippen LogP contribution in [0, 0.1) is 11.6 Å². The second kappa shape index (κ2) is 12.9. The van der Waals surface area contributed by atoms with Crippen LogP contribution in [0.2, 0.25) is 0 Å². The van der Waals surface area contributed by atoms with Gasteiger partial charge in [0.2, 0.25) is 0 Å². The lowest BCUT2D eigenvalue weighted by Gasteiger charge is -2.47. The zero-order chi connectivity index (χ0) is 33.4. The number of aliphatic hydroxyl groups excluding tert-OH is 3. The Bertz CT molecular complexity index is 1710. The second-order valence-electron chi connectivity index (χ2n) is 11.1. The van der Waals surface area contributed by atoms with Crippen molar-refractivity contribution < 1.29 is 46.4 Å². The zero-order valence-corrected chi connectivity index (χ0v) is 24.2. The Morgan fingerprint density at radius 1 is 1.07 bits per heavy atom. The van der Waals surface area contributed by atoms with Crippen LogP contribution in [-0.4, -0.2) is 103 Å². The second-order valence-corrected chi connectivity index (χ2v) is 11.1. The van der Waals surface area contributed by atoms with Crippen LogP contribution in [0.3, 0.4) is 0 Å². The summed E-state index contributed by atoms with van der Waals surface area (Å²) in [6.07, 6.45) is -4.60. The van der Waals surface area contributed by atoms with Gasteiger partial charge in [-0.15, -0.1) is 0 Å². The maximum Gasteiger partial charge on any atom is 0.267 e. The molecule has 0 radical (unpaired) electrons. The van der Waals surface area contributed by atoms with Gasteiger partial charge < -0.3 is 40.6 Å².